The van der Waals surface area contributed by atoms with E-state index in [1.807, 2.05) is 30.3 Å². The van der Waals surface area contributed by atoms with Gasteiger partial charge in [-0.2, -0.15) is 0 Å². The minimum absolute atomic E-state index is 0.00697. The number of imidazole rings is 1. The van der Waals surface area contributed by atoms with Gasteiger partial charge in [-0.3, -0.25) is 4.79 Å². The highest BCUT2D eigenvalue weighted by molar-refractivity contribution is 6.31. The Balaban J connectivity index is 1.51. The Morgan fingerprint density at radius 1 is 1.00 bits per heavy atom. The highest BCUT2D eigenvalue weighted by atomic mass is 35.5. The van der Waals surface area contributed by atoms with Crippen LogP contribution >= 0.6 is 11.6 Å². The van der Waals surface area contributed by atoms with Gasteiger partial charge in [0.15, 0.2) is 0 Å². The topological polar surface area (TPSA) is 46.9 Å². The van der Waals surface area contributed by atoms with Crippen LogP contribution in [0.4, 0.5) is 0 Å². The van der Waals surface area contributed by atoms with Gasteiger partial charge >= 0.3 is 0 Å². The molecule has 30 heavy (non-hydrogen) atoms. The van der Waals surface area contributed by atoms with Gasteiger partial charge in [-0.05, 0) is 36.6 Å². The lowest BCUT2D eigenvalue weighted by Gasteiger charge is -2.10. The molecule has 0 aliphatic heterocycles. The van der Waals surface area contributed by atoms with E-state index < -0.39 is 0 Å². The molecule has 0 aliphatic carbocycles. The predicted molar refractivity (Wildman–Crippen MR) is 125 cm³/mol. The molecule has 0 fully saturated rings. The maximum Gasteiger partial charge on any atom is 0.224 e. The fourth-order valence-corrected chi connectivity index (χ4v) is 3.99. The zero-order chi connectivity index (χ0) is 21.2. The summed E-state index contributed by atoms with van der Waals surface area (Å²) in [5.74, 6) is 1.12. The highest BCUT2D eigenvalue weighted by Gasteiger charge is 2.11. The van der Waals surface area contributed by atoms with Crippen LogP contribution in [0.2, 0.25) is 5.02 Å². The summed E-state index contributed by atoms with van der Waals surface area (Å²) in [6.07, 6.45) is 8.36. The predicted octanol–water partition coefficient (Wildman–Crippen LogP) is 5.95. The second-order valence-corrected chi connectivity index (χ2v) is 8.21. The molecule has 0 saturated heterocycles. The molecule has 3 rings (SSSR count). The number of amides is 1. The smallest absolute Gasteiger partial charge is 0.224 e. The maximum atomic E-state index is 12.2. The molecule has 3 aromatic rings. The van der Waals surface area contributed by atoms with Crippen molar-refractivity contribution in [1.82, 2.24) is 14.9 Å². The molecule has 0 unspecified atom stereocenters. The van der Waals surface area contributed by atoms with Gasteiger partial charge in [0.1, 0.15) is 5.82 Å². The number of nitrogens with zero attached hydrogens (tertiary/aromatic N) is 2. The van der Waals surface area contributed by atoms with Gasteiger partial charge in [-0.15, -0.1) is 0 Å². The van der Waals surface area contributed by atoms with Gasteiger partial charge in [-0.1, -0.05) is 74.5 Å². The molecule has 0 saturated carbocycles. The first kappa shape index (κ1) is 22.4. The first-order valence-corrected chi connectivity index (χ1v) is 11.5. The fourth-order valence-electron chi connectivity index (χ4n) is 3.79. The van der Waals surface area contributed by atoms with Crippen molar-refractivity contribution in [2.45, 2.75) is 64.8 Å². The average molecular weight is 426 g/mol. The summed E-state index contributed by atoms with van der Waals surface area (Å²) in [5.41, 5.74) is 3.14. The molecule has 0 aliphatic rings. The van der Waals surface area contributed by atoms with E-state index in [2.05, 4.69) is 35.0 Å². The number of hydrogen-bond donors (Lipinski definition) is 1. The molecule has 1 N–H and O–H groups in total. The number of hydrogen-bond acceptors (Lipinski definition) is 2. The van der Waals surface area contributed by atoms with Crippen LogP contribution in [0.1, 0.15) is 56.8 Å². The van der Waals surface area contributed by atoms with Crippen molar-refractivity contribution in [2.24, 2.45) is 0 Å². The van der Waals surface area contributed by atoms with Crippen molar-refractivity contribution in [3.05, 3.63) is 64.9 Å². The zero-order valence-corrected chi connectivity index (χ0v) is 18.6. The second-order valence-electron chi connectivity index (χ2n) is 7.80. The van der Waals surface area contributed by atoms with Gasteiger partial charge in [-0.25, -0.2) is 4.98 Å². The Labute approximate surface area is 184 Å². The largest absolute Gasteiger partial charge is 0.356 e. The Morgan fingerprint density at radius 2 is 1.77 bits per heavy atom. The number of halogens is 1. The molecule has 2 aromatic carbocycles. The minimum Gasteiger partial charge on any atom is -0.356 e. The Bertz CT molecular complexity index is 950. The second kappa shape index (κ2) is 11.8. The third-order valence-electron chi connectivity index (χ3n) is 5.43. The number of nitrogens with one attached hydrogen (secondary N) is 1. The lowest BCUT2D eigenvalue weighted by atomic mass is 10.1. The number of unbranched alkanes of at least 4 members (excludes halogenated alkanes) is 4. The van der Waals surface area contributed by atoms with E-state index in [0.29, 0.717) is 18.0 Å². The first-order chi connectivity index (χ1) is 14.7. The van der Waals surface area contributed by atoms with E-state index >= 15 is 0 Å². The number of aryl methyl sites for hydroxylation is 2. The number of carbonyl (C=O) groups is 1. The summed E-state index contributed by atoms with van der Waals surface area (Å²) in [7, 11) is 0. The third-order valence-corrected chi connectivity index (χ3v) is 5.80. The van der Waals surface area contributed by atoms with Gasteiger partial charge in [0.05, 0.1) is 17.5 Å². The van der Waals surface area contributed by atoms with Crippen molar-refractivity contribution < 1.29 is 4.79 Å². The van der Waals surface area contributed by atoms with Crippen molar-refractivity contribution in [3.63, 3.8) is 0 Å². The van der Waals surface area contributed by atoms with E-state index in [0.717, 1.165) is 36.3 Å². The molecule has 5 heteroatoms. The Morgan fingerprint density at radius 3 is 2.60 bits per heavy atom. The summed E-state index contributed by atoms with van der Waals surface area (Å²) in [5, 5.41) is 3.65. The fraction of sp³-hybridized carbons (Fsp3) is 0.440. The van der Waals surface area contributed by atoms with E-state index in [9.17, 15) is 4.79 Å². The molecule has 1 amide bonds. The quantitative estimate of drug-likeness (QED) is 0.364. The normalized spacial score (nSPS) is 11.1. The summed E-state index contributed by atoms with van der Waals surface area (Å²) in [4.78, 5) is 17.1. The van der Waals surface area contributed by atoms with Crippen molar-refractivity contribution in [3.8, 4) is 0 Å². The van der Waals surface area contributed by atoms with Crippen LogP contribution in [0.3, 0.4) is 0 Å². The van der Waals surface area contributed by atoms with Crippen LogP contribution in [-0.4, -0.2) is 22.0 Å². The minimum atomic E-state index is 0.00697. The number of benzene rings is 2. The van der Waals surface area contributed by atoms with Gasteiger partial charge in [0, 0.05) is 24.5 Å². The van der Waals surface area contributed by atoms with Crippen LogP contribution in [-0.2, 0) is 24.2 Å². The number of rotatable bonds is 12. The van der Waals surface area contributed by atoms with Crippen molar-refractivity contribution in [1.29, 1.82) is 0 Å². The van der Waals surface area contributed by atoms with Crippen LogP contribution < -0.4 is 5.32 Å². The lowest BCUT2D eigenvalue weighted by Crippen LogP contribution is -2.26. The summed E-state index contributed by atoms with van der Waals surface area (Å²) in [6.45, 7) is 3.90. The van der Waals surface area contributed by atoms with Gasteiger partial charge in [0.2, 0.25) is 5.91 Å². The molecule has 160 valence electrons. The molecule has 4 nitrogen and oxygen atoms in total. The molecular formula is C25H32ClN3O. The summed E-state index contributed by atoms with van der Waals surface area (Å²) < 4.78 is 2.37. The standard InChI is InChI=1S/C25H32ClN3O/c1-2-3-4-5-10-18-29-23-15-9-8-14-22(23)28-24(29)16-11-17-27-25(30)19-20-12-6-7-13-21(20)26/h6-9,12-15H,2-5,10-11,16-19H2,1H3,(H,27,30). The van der Waals surface area contributed by atoms with E-state index in [1.54, 1.807) is 0 Å². The molecule has 0 spiro atoms. The number of carbonyl (C=O) groups excluding carboxylic acids is 1. The summed E-state index contributed by atoms with van der Waals surface area (Å²) >= 11 is 6.14. The Kier molecular flexibility index (Phi) is 8.76. The molecule has 1 heterocycles. The monoisotopic (exact) mass is 425 g/mol. The SMILES string of the molecule is CCCCCCCn1c(CCCNC(=O)Cc2ccccc2Cl)nc2ccccc21. The van der Waals surface area contributed by atoms with Crippen LogP contribution in [0.15, 0.2) is 48.5 Å². The molecule has 0 bridgehead atoms. The average Bonchev–Trinajstić information content (AvgIpc) is 3.10. The zero-order valence-electron chi connectivity index (χ0n) is 17.9. The van der Waals surface area contributed by atoms with Gasteiger partial charge < -0.3 is 9.88 Å². The maximum absolute atomic E-state index is 12.2. The van der Waals surface area contributed by atoms with Gasteiger partial charge in [0.25, 0.3) is 0 Å². The van der Waals surface area contributed by atoms with E-state index in [4.69, 9.17) is 16.6 Å². The third kappa shape index (κ3) is 6.33. The number of fused-ring (bicyclic) bond motifs is 1. The molecule has 0 radical (unpaired) electrons. The number of aromatic nitrogens is 2. The lowest BCUT2D eigenvalue weighted by molar-refractivity contribution is -0.120. The molecule has 1 aromatic heterocycles. The highest BCUT2D eigenvalue weighted by Crippen LogP contribution is 2.19. The van der Waals surface area contributed by atoms with E-state index in [-0.39, 0.29) is 5.91 Å². The molecule has 0 atom stereocenters. The van der Waals surface area contributed by atoms with Crippen molar-refractivity contribution in [2.75, 3.05) is 6.54 Å². The summed E-state index contributed by atoms with van der Waals surface area (Å²) in [6, 6.07) is 15.8. The van der Waals surface area contributed by atoms with E-state index in [1.165, 1.54) is 37.6 Å². The molecular weight excluding hydrogens is 394 g/mol. The Hall–Kier alpha value is -2.33. The number of para-hydroxylation sites is 2. The van der Waals surface area contributed by atoms with Crippen LogP contribution in [0.25, 0.3) is 11.0 Å². The van der Waals surface area contributed by atoms with Crippen molar-refractivity contribution >= 4 is 28.5 Å². The van der Waals surface area contributed by atoms with Crippen LogP contribution in [0, 0.1) is 0 Å². The first-order valence-electron chi connectivity index (χ1n) is 11.1. The van der Waals surface area contributed by atoms with Crippen LogP contribution in [0.5, 0.6) is 0 Å².